The lowest BCUT2D eigenvalue weighted by Gasteiger charge is -2.46. The molecule has 5 nitrogen and oxygen atoms in total. The first-order valence-electron chi connectivity index (χ1n) is 7.22. The number of nitrogens with one attached hydrogen (secondary N) is 1. The lowest BCUT2D eigenvalue weighted by molar-refractivity contribution is -0.0760. The number of hydrogen-bond acceptors (Lipinski definition) is 4. The van der Waals surface area contributed by atoms with Gasteiger partial charge in [0.05, 0.1) is 18.8 Å². The second kappa shape index (κ2) is 5.67. The van der Waals surface area contributed by atoms with Gasteiger partial charge < -0.3 is 14.8 Å². The fraction of sp³-hybridized carbons (Fsp3) is 0.929. The zero-order chi connectivity index (χ0) is 13.9. The Morgan fingerprint density at radius 1 is 1.37 bits per heavy atom. The van der Waals surface area contributed by atoms with E-state index in [2.05, 4.69) is 5.32 Å². The van der Waals surface area contributed by atoms with Crippen LogP contribution in [0.4, 0.5) is 4.79 Å². The van der Waals surface area contributed by atoms with Gasteiger partial charge in [-0.1, -0.05) is 0 Å². The Morgan fingerprint density at radius 2 is 2.16 bits per heavy atom. The number of hydrogen-bond donors (Lipinski definition) is 1. The van der Waals surface area contributed by atoms with Gasteiger partial charge in [0.15, 0.2) is 0 Å². The van der Waals surface area contributed by atoms with Crippen LogP contribution in [0.25, 0.3) is 0 Å². The van der Waals surface area contributed by atoms with Crippen LogP contribution in [0.3, 0.4) is 0 Å². The van der Waals surface area contributed by atoms with E-state index in [4.69, 9.17) is 9.47 Å². The van der Waals surface area contributed by atoms with Crippen LogP contribution in [0.15, 0.2) is 0 Å². The van der Waals surface area contributed by atoms with Crippen molar-refractivity contribution < 1.29 is 14.3 Å². The molecule has 0 bridgehead atoms. The van der Waals surface area contributed by atoms with Gasteiger partial charge in [-0.3, -0.25) is 4.90 Å². The van der Waals surface area contributed by atoms with Crippen LogP contribution >= 0.6 is 0 Å². The van der Waals surface area contributed by atoms with Gasteiger partial charge in [0, 0.05) is 13.1 Å². The molecule has 0 aromatic rings. The SMILES string of the molecule is CC(C)(C)OC(=O)N1CCOCC12CCCCNC2. The average molecular weight is 270 g/mol. The molecule has 0 saturated carbocycles. The van der Waals surface area contributed by atoms with Crippen molar-refractivity contribution in [3.05, 3.63) is 0 Å². The topological polar surface area (TPSA) is 50.8 Å². The van der Waals surface area contributed by atoms with E-state index >= 15 is 0 Å². The Hall–Kier alpha value is -0.810. The van der Waals surface area contributed by atoms with Gasteiger partial charge in [0.1, 0.15) is 5.60 Å². The highest BCUT2D eigenvalue weighted by molar-refractivity contribution is 5.69. The quantitative estimate of drug-likeness (QED) is 0.729. The van der Waals surface area contributed by atoms with Gasteiger partial charge in [-0.05, 0) is 46.6 Å². The summed E-state index contributed by atoms with van der Waals surface area (Å²) in [5.74, 6) is 0. The molecule has 5 heteroatoms. The van der Waals surface area contributed by atoms with Gasteiger partial charge in [-0.2, -0.15) is 0 Å². The first-order chi connectivity index (χ1) is 8.93. The zero-order valence-electron chi connectivity index (χ0n) is 12.3. The number of amides is 1. The molecule has 1 unspecified atom stereocenters. The molecule has 2 saturated heterocycles. The van der Waals surface area contributed by atoms with E-state index in [0.717, 1.165) is 32.4 Å². The van der Waals surface area contributed by atoms with Crippen molar-refractivity contribution >= 4 is 6.09 Å². The lowest BCUT2D eigenvalue weighted by atomic mass is 9.91. The van der Waals surface area contributed by atoms with Crippen molar-refractivity contribution in [2.45, 2.75) is 51.2 Å². The predicted octanol–water partition coefficient (Wildman–Crippen LogP) is 1.77. The van der Waals surface area contributed by atoms with Crippen LogP contribution < -0.4 is 5.32 Å². The first kappa shape index (κ1) is 14.6. The molecule has 19 heavy (non-hydrogen) atoms. The van der Waals surface area contributed by atoms with Gasteiger partial charge >= 0.3 is 6.09 Å². The van der Waals surface area contributed by atoms with Crippen LogP contribution in [0.2, 0.25) is 0 Å². The maximum Gasteiger partial charge on any atom is 0.410 e. The van der Waals surface area contributed by atoms with Crippen LogP contribution in [-0.4, -0.2) is 55.0 Å². The van der Waals surface area contributed by atoms with Crippen molar-refractivity contribution in [1.82, 2.24) is 10.2 Å². The molecule has 1 N–H and O–H groups in total. The number of rotatable bonds is 0. The summed E-state index contributed by atoms with van der Waals surface area (Å²) in [4.78, 5) is 14.3. The second-order valence-electron chi connectivity index (χ2n) is 6.54. The third-order valence-corrected chi connectivity index (χ3v) is 3.72. The molecule has 1 spiro atoms. The van der Waals surface area contributed by atoms with Crippen LogP contribution in [0.1, 0.15) is 40.0 Å². The van der Waals surface area contributed by atoms with Crippen LogP contribution in [0.5, 0.6) is 0 Å². The molecule has 2 aliphatic rings. The van der Waals surface area contributed by atoms with Gasteiger partial charge in [0.25, 0.3) is 0 Å². The average Bonchev–Trinajstić information content (AvgIpc) is 2.54. The smallest absolute Gasteiger partial charge is 0.410 e. The van der Waals surface area contributed by atoms with Crippen LogP contribution in [-0.2, 0) is 9.47 Å². The largest absolute Gasteiger partial charge is 0.444 e. The molecule has 2 heterocycles. The molecule has 1 atom stereocenters. The molecule has 1 amide bonds. The maximum atomic E-state index is 12.4. The highest BCUT2D eigenvalue weighted by Gasteiger charge is 2.44. The third kappa shape index (κ3) is 3.60. The molecular weight excluding hydrogens is 244 g/mol. The zero-order valence-corrected chi connectivity index (χ0v) is 12.3. The first-order valence-corrected chi connectivity index (χ1v) is 7.22. The molecule has 0 aliphatic carbocycles. The number of morpholine rings is 1. The Kier molecular flexibility index (Phi) is 4.36. The molecule has 2 rings (SSSR count). The van der Waals surface area contributed by atoms with Crippen molar-refractivity contribution in [2.75, 3.05) is 32.8 Å². The predicted molar refractivity (Wildman–Crippen MR) is 73.2 cm³/mol. The molecule has 2 aliphatic heterocycles. The molecular formula is C14H26N2O3. The van der Waals surface area contributed by atoms with E-state index in [1.807, 2.05) is 25.7 Å². The minimum absolute atomic E-state index is 0.209. The summed E-state index contributed by atoms with van der Waals surface area (Å²) in [5.41, 5.74) is -0.675. The highest BCUT2D eigenvalue weighted by Crippen LogP contribution is 2.29. The maximum absolute atomic E-state index is 12.4. The number of carbonyl (C=O) groups is 1. The number of ether oxygens (including phenoxy) is 2. The van der Waals surface area contributed by atoms with E-state index in [9.17, 15) is 4.79 Å². The Morgan fingerprint density at radius 3 is 2.89 bits per heavy atom. The molecule has 0 radical (unpaired) electrons. The molecule has 0 aromatic carbocycles. The Labute approximate surface area is 115 Å². The second-order valence-corrected chi connectivity index (χ2v) is 6.54. The van der Waals surface area contributed by atoms with Crippen molar-refractivity contribution in [3.8, 4) is 0 Å². The van der Waals surface area contributed by atoms with Crippen molar-refractivity contribution in [2.24, 2.45) is 0 Å². The molecule has 0 aromatic heterocycles. The van der Waals surface area contributed by atoms with E-state index < -0.39 is 5.60 Å². The van der Waals surface area contributed by atoms with E-state index in [1.165, 1.54) is 0 Å². The number of nitrogens with zero attached hydrogens (tertiary/aromatic N) is 1. The Balaban J connectivity index is 2.12. The summed E-state index contributed by atoms with van der Waals surface area (Å²) in [6.45, 7) is 9.36. The normalized spacial score (nSPS) is 29.1. The minimum atomic E-state index is -0.450. The fourth-order valence-corrected chi connectivity index (χ4v) is 2.80. The highest BCUT2D eigenvalue weighted by atomic mass is 16.6. The van der Waals surface area contributed by atoms with Crippen molar-refractivity contribution in [1.29, 1.82) is 0 Å². The summed E-state index contributed by atoms with van der Waals surface area (Å²) in [5, 5.41) is 3.43. The lowest BCUT2D eigenvalue weighted by Crippen LogP contribution is -2.63. The van der Waals surface area contributed by atoms with Crippen LogP contribution in [0, 0.1) is 0 Å². The summed E-state index contributed by atoms with van der Waals surface area (Å²) in [6.07, 6.45) is 3.05. The van der Waals surface area contributed by atoms with Crippen molar-refractivity contribution in [3.63, 3.8) is 0 Å². The fourth-order valence-electron chi connectivity index (χ4n) is 2.80. The molecule has 2 fully saturated rings. The summed E-state index contributed by atoms with van der Waals surface area (Å²) in [6, 6.07) is 0. The standard InChI is InChI=1S/C14H26N2O3/c1-13(2,3)19-12(17)16-8-9-18-11-14(16)6-4-5-7-15-10-14/h15H,4-11H2,1-3H3. The van der Waals surface area contributed by atoms with E-state index in [0.29, 0.717) is 19.8 Å². The van der Waals surface area contributed by atoms with E-state index in [-0.39, 0.29) is 11.6 Å². The summed E-state index contributed by atoms with van der Waals surface area (Å²) in [7, 11) is 0. The van der Waals surface area contributed by atoms with Gasteiger partial charge in [-0.15, -0.1) is 0 Å². The number of carbonyl (C=O) groups excluding carboxylic acids is 1. The van der Waals surface area contributed by atoms with E-state index in [1.54, 1.807) is 0 Å². The summed E-state index contributed by atoms with van der Waals surface area (Å²) >= 11 is 0. The summed E-state index contributed by atoms with van der Waals surface area (Å²) < 4.78 is 11.2. The van der Waals surface area contributed by atoms with Gasteiger partial charge in [-0.25, -0.2) is 4.79 Å². The molecule has 110 valence electrons. The Bertz CT molecular complexity index is 317. The monoisotopic (exact) mass is 270 g/mol. The minimum Gasteiger partial charge on any atom is -0.444 e. The van der Waals surface area contributed by atoms with Gasteiger partial charge in [0.2, 0.25) is 0 Å². The third-order valence-electron chi connectivity index (χ3n) is 3.72.